The first kappa shape index (κ1) is 18.8. The Labute approximate surface area is 155 Å². The number of methoxy groups -OCH3 is 2. The van der Waals surface area contributed by atoms with Gasteiger partial charge < -0.3 is 19.7 Å². The minimum atomic E-state index is -2.67. The van der Waals surface area contributed by atoms with Crippen molar-refractivity contribution in [1.29, 1.82) is 0 Å². The largest absolute Gasteiger partial charge is 0.493 e. The maximum absolute atomic E-state index is 12.7. The van der Waals surface area contributed by atoms with Gasteiger partial charge in [0.1, 0.15) is 11.5 Å². The quantitative estimate of drug-likeness (QED) is 0.866. The number of fused-ring (bicyclic) bond motifs is 1. The molecule has 0 aliphatic carbocycles. The van der Waals surface area contributed by atoms with E-state index in [2.05, 4.69) is 15.3 Å². The van der Waals surface area contributed by atoms with Crippen molar-refractivity contribution < 1.29 is 23.0 Å². The van der Waals surface area contributed by atoms with Crippen LogP contribution in [0.4, 0.5) is 13.6 Å². The smallest absolute Gasteiger partial charge is 0.318 e. The Bertz CT molecular complexity index is 832. The van der Waals surface area contributed by atoms with Crippen LogP contribution in [-0.4, -0.2) is 41.7 Å². The van der Waals surface area contributed by atoms with Crippen molar-refractivity contribution >= 4 is 6.03 Å². The van der Waals surface area contributed by atoms with E-state index >= 15 is 0 Å². The second kappa shape index (κ2) is 8.15. The molecule has 144 valence electrons. The minimum absolute atomic E-state index is 0.0192. The summed E-state index contributed by atoms with van der Waals surface area (Å²) in [4.78, 5) is 21.7. The third-order valence-electron chi connectivity index (χ3n) is 4.35. The highest BCUT2D eigenvalue weighted by Crippen LogP contribution is 2.33. The van der Waals surface area contributed by atoms with E-state index in [-0.39, 0.29) is 24.1 Å². The molecular weight excluding hydrogens is 358 g/mol. The molecular formula is C18H20F2N4O3. The summed E-state index contributed by atoms with van der Waals surface area (Å²) in [6.45, 7) is 0.931. The van der Waals surface area contributed by atoms with Crippen molar-refractivity contribution in [1.82, 2.24) is 20.2 Å². The van der Waals surface area contributed by atoms with E-state index in [1.54, 1.807) is 19.1 Å². The number of halogens is 2. The highest BCUT2D eigenvalue weighted by atomic mass is 19.3. The molecule has 1 aliphatic heterocycles. The van der Waals surface area contributed by atoms with Gasteiger partial charge in [-0.3, -0.25) is 0 Å². The fourth-order valence-electron chi connectivity index (χ4n) is 2.94. The Morgan fingerprint density at radius 2 is 1.96 bits per heavy atom. The summed E-state index contributed by atoms with van der Waals surface area (Å²) in [6, 6.07) is 4.64. The summed E-state index contributed by atoms with van der Waals surface area (Å²) >= 11 is 0. The molecule has 0 radical (unpaired) electrons. The number of hydrogen-bond acceptors (Lipinski definition) is 5. The number of benzene rings is 1. The fourth-order valence-corrected chi connectivity index (χ4v) is 2.94. The standard InChI is InChI=1S/C18H20F2N4O3/c1-26-14-7-11-4-6-24(10-12(11)8-15(14)27-2)18(25)22-9-16-21-5-3-13(23-16)17(19)20/h3,5,7-8,17H,4,6,9-10H2,1-2H3,(H,22,25). The monoisotopic (exact) mass is 378 g/mol. The molecule has 1 N–H and O–H groups in total. The zero-order chi connectivity index (χ0) is 19.4. The Balaban J connectivity index is 1.65. The maximum Gasteiger partial charge on any atom is 0.318 e. The van der Waals surface area contributed by atoms with E-state index in [4.69, 9.17) is 9.47 Å². The van der Waals surface area contributed by atoms with E-state index in [1.165, 1.54) is 6.20 Å². The van der Waals surface area contributed by atoms with Crippen molar-refractivity contribution in [2.24, 2.45) is 0 Å². The molecule has 0 atom stereocenters. The number of carbonyl (C=O) groups is 1. The molecule has 0 bridgehead atoms. The Kier molecular flexibility index (Phi) is 5.68. The molecule has 0 saturated heterocycles. The molecule has 0 spiro atoms. The predicted molar refractivity (Wildman–Crippen MR) is 92.9 cm³/mol. The molecule has 1 aromatic carbocycles. The van der Waals surface area contributed by atoms with E-state index < -0.39 is 6.43 Å². The van der Waals surface area contributed by atoms with Crippen LogP contribution in [0.1, 0.15) is 29.1 Å². The molecule has 9 heteroatoms. The second-order valence-electron chi connectivity index (χ2n) is 6.00. The summed E-state index contributed by atoms with van der Waals surface area (Å²) < 4.78 is 36.0. The number of ether oxygens (including phenoxy) is 2. The summed E-state index contributed by atoms with van der Waals surface area (Å²) in [6.07, 6.45) is -0.735. The second-order valence-corrected chi connectivity index (χ2v) is 6.00. The third kappa shape index (κ3) is 4.24. The average molecular weight is 378 g/mol. The van der Waals surface area contributed by atoms with Crippen LogP contribution in [0.3, 0.4) is 0 Å². The van der Waals surface area contributed by atoms with Gasteiger partial charge >= 0.3 is 6.03 Å². The van der Waals surface area contributed by atoms with Crippen LogP contribution in [0.2, 0.25) is 0 Å². The van der Waals surface area contributed by atoms with Crippen molar-refractivity contribution in [2.45, 2.75) is 25.9 Å². The molecule has 27 heavy (non-hydrogen) atoms. The van der Waals surface area contributed by atoms with Crippen LogP contribution in [-0.2, 0) is 19.5 Å². The molecule has 0 unspecified atom stereocenters. The number of aromatic nitrogens is 2. The van der Waals surface area contributed by atoms with Gasteiger partial charge in [-0.25, -0.2) is 23.5 Å². The molecule has 2 amide bonds. The van der Waals surface area contributed by atoms with Crippen LogP contribution in [0.5, 0.6) is 11.5 Å². The number of nitrogens with zero attached hydrogens (tertiary/aromatic N) is 3. The zero-order valence-electron chi connectivity index (χ0n) is 15.0. The summed E-state index contributed by atoms with van der Waals surface area (Å²) in [7, 11) is 3.14. The van der Waals surface area contributed by atoms with Crippen LogP contribution in [0, 0.1) is 0 Å². The van der Waals surface area contributed by atoms with Gasteiger partial charge in [-0.05, 0) is 35.7 Å². The van der Waals surface area contributed by atoms with Gasteiger partial charge in [0, 0.05) is 19.3 Å². The van der Waals surface area contributed by atoms with Gasteiger partial charge in [0.25, 0.3) is 6.43 Å². The van der Waals surface area contributed by atoms with E-state index in [9.17, 15) is 13.6 Å². The minimum Gasteiger partial charge on any atom is -0.493 e. The van der Waals surface area contributed by atoms with Gasteiger partial charge in [0.15, 0.2) is 11.5 Å². The number of urea groups is 1. The summed E-state index contributed by atoms with van der Waals surface area (Å²) in [5.41, 5.74) is 1.72. The first-order chi connectivity index (χ1) is 13.0. The maximum atomic E-state index is 12.7. The van der Waals surface area contributed by atoms with Crippen LogP contribution in [0.25, 0.3) is 0 Å². The van der Waals surface area contributed by atoms with Crippen molar-refractivity contribution in [3.63, 3.8) is 0 Å². The first-order valence-electron chi connectivity index (χ1n) is 8.38. The molecule has 0 fully saturated rings. The van der Waals surface area contributed by atoms with Gasteiger partial charge in [0.05, 0.1) is 20.8 Å². The number of alkyl halides is 2. The Morgan fingerprint density at radius 1 is 1.26 bits per heavy atom. The highest BCUT2D eigenvalue weighted by Gasteiger charge is 2.23. The Hall–Kier alpha value is -2.97. The molecule has 3 rings (SSSR count). The predicted octanol–water partition coefficient (Wildman–Crippen LogP) is 2.70. The van der Waals surface area contributed by atoms with Gasteiger partial charge in [0.2, 0.25) is 0 Å². The molecule has 0 saturated carbocycles. The van der Waals surface area contributed by atoms with Crippen molar-refractivity contribution in [3.8, 4) is 11.5 Å². The number of hydrogen-bond donors (Lipinski definition) is 1. The van der Waals surface area contributed by atoms with Crippen LogP contribution < -0.4 is 14.8 Å². The number of carbonyl (C=O) groups excluding carboxylic acids is 1. The third-order valence-corrected chi connectivity index (χ3v) is 4.35. The van der Waals surface area contributed by atoms with E-state index in [0.717, 1.165) is 17.2 Å². The zero-order valence-corrected chi connectivity index (χ0v) is 15.0. The number of rotatable bonds is 5. The molecule has 7 nitrogen and oxygen atoms in total. The fraction of sp³-hybridized carbons (Fsp3) is 0.389. The lowest BCUT2D eigenvalue weighted by Gasteiger charge is -2.29. The summed E-state index contributed by atoms with van der Waals surface area (Å²) in [5, 5.41) is 2.68. The molecule has 2 aromatic rings. The average Bonchev–Trinajstić information content (AvgIpc) is 2.70. The normalized spacial score (nSPS) is 13.3. The molecule has 1 aromatic heterocycles. The topological polar surface area (TPSA) is 76.6 Å². The van der Waals surface area contributed by atoms with Gasteiger partial charge in [-0.2, -0.15) is 0 Å². The highest BCUT2D eigenvalue weighted by molar-refractivity contribution is 5.74. The molecule has 1 aliphatic rings. The van der Waals surface area contributed by atoms with E-state index in [1.807, 2.05) is 12.1 Å². The lowest BCUT2D eigenvalue weighted by Crippen LogP contribution is -2.42. The Morgan fingerprint density at radius 3 is 2.63 bits per heavy atom. The van der Waals surface area contributed by atoms with Gasteiger partial charge in [-0.15, -0.1) is 0 Å². The number of amides is 2. The molecule has 2 heterocycles. The SMILES string of the molecule is COc1cc2c(cc1OC)CN(C(=O)NCc1nccc(C(F)F)n1)CC2. The first-order valence-corrected chi connectivity index (χ1v) is 8.38. The number of nitrogens with one attached hydrogen (secondary N) is 1. The van der Waals surface area contributed by atoms with Gasteiger partial charge in [-0.1, -0.05) is 0 Å². The van der Waals surface area contributed by atoms with Crippen LogP contribution in [0.15, 0.2) is 24.4 Å². The van der Waals surface area contributed by atoms with E-state index in [0.29, 0.717) is 31.0 Å². The van der Waals surface area contributed by atoms with Crippen molar-refractivity contribution in [3.05, 3.63) is 47.0 Å². The lowest BCUT2D eigenvalue weighted by molar-refractivity contribution is 0.145. The van der Waals surface area contributed by atoms with Crippen molar-refractivity contribution in [2.75, 3.05) is 20.8 Å². The summed E-state index contributed by atoms with van der Waals surface area (Å²) in [5.74, 6) is 1.41. The van der Waals surface area contributed by atoms with Crippen LogP contribution >= 0.6 is 0 Å². The lowest BCUT2D eigenvalue weighted by atomic mass is 9.99.